The monoisotopic (exact) mass is 237 g/mol. The molecule has 2 aliphatic carbocycles. The maximum Gasteiger partial charge on any atom is 0.0123 e. The minimum atomic E-state index is 0.637. The van der Waals surface area contributed by atoms with Crippen LogP contribution >= 0.6 is 0 Å². The minimum Gasteiger partial charge on any atom is -0.316 e. The van der Waals surface area contributed by atoms with Gasteiger partial charge in [0.2, 0.25) is 0 Å². The van der Waals surface area contributed by atoms with Gasteiger partial charge >= 0.3 is 0 Å². The molecule has 0 aliphatic heterocycles. The Morgan fingerprint density at radius 2 is 1.76 bits per heavy atom. The van der Waals surface area contributed by atoms with Gasteiger partial charge in [0, 0.05) is 6.04 Å². The summed E-state index contributed by atoms with van der Waals surface area (Å²) in [7, 11) is 2.20. The SMILES string of the molecule is CNC(CC1CCC1)C1(CC(C)C)CCCC1. The first-order valence-corrected chi connectivity index (χ1v) is 7.83. The van der Waals surface area contributed by atoms with Crippen molar-refractivity contribution in [2.75, 3.05) is 7.05 Å². The molecule has 0 saturated heterocycles. The summed E-state index contributed by atoms with van der Waals surface area (Å²) in [4.78, 5) is 0. The molecule has 100 valence electrons. The van der Waals surface area contributed by atoms with E-state index in [1.54, 1.807) is 0 Å². The molecule has 0 aromatic heterocycles. The van der Waals surface area contributed by atoms with Crippen LogP contribution in [0.1, 0.15) is 71.6 Å². The van der Waals surface area contributed by atoms with Crippen molar-refractivity contribution in [3.63, 3.8) is 0 Å². The minimum absolute atomic E-state index is 0.637. The average molecular weight is 237 g/mol. The third kappa shape index (κ3) is 3.05. The highest BCUT2D eigenvalue weighted by Gasteiger charge is 2.41. The van der Waals surface area contributed by atoms with E-state index in [0.717, 1.165) is 17.9 Å². The molecule has 0 aromatic rings. The smallest absolute Gasteiger partial charge is 0.0123 e. The third-order valence-electron chi connectivity index (χ3n) is 5.30. The molecule has 2 aliphatic rings. The van der Waals surface area contributed by atoms with Crippen LogP contribution in [0, 0.1) is 17.3 Å². The van der Waals surface area contributed by atoms with Gasteiger partial charge in [-0.15, -0.1) is 0 Å². The van der Waals surface area contributed by atoms with Gasteiger partial charge in [0.15, 0.2) is 0 Å². The molecule has 0 heterocycles. The molecule has 0 amide bonds. The molecule has 0 aromatic carbocycles. The molecule has 17 heavy (non-hydrogen) atoms. The summed E-state index contributed by atoms with van der Waals surface area (Å²) < 4.78 is 0. The van der Waals surface area contributed by atoms with Crippen LogP contribution in [-0.4, -0.2) is 13.1 Å². The molecule has 1 atom stereocenters. The molecule has 1 N–H and O–H groups in total. The van der Waals surface area contributed by atoms with Crippen molar-refractivity contribution in [1.29, 1.82) is 0 Å². The fourth-order valence-electron chi connectivity index (χ4n) is 4.32. The van der Waals surface area contributed by atoms with Crippen LogP contribution in [0.4, 0.5) is 0 Å². The van der Waals surface area contributed by atoms with Gasteiger partial charge in [-0.2, -0.15) is 0 Å². The summed E-state index contributed by atoms with van der Waals surface area (Å²) in [5.41, 5.74) is 0.637. The molecular formula is C16H31N. The van der Waals surface area contributed by atoms with Crippen molar-refractivity contribution >= 4 is 0 Å². The summed E-state index contributed by atoms with van der Waals surface area (Å²) in [5, 5.41) is 3.69. The van der Waals surface area contributed by atoms with Crippen LogP contribution in [0.15, 0.2) is 0 Å². The van der Waals surface area contributed by atoms with Crippen molar-refractivity contribution in [2.24, 2.45) is 17.3 Å². The Balaban J connectivity index is 2.00. The second-order valence-electron chi connectivity index (χ2n) is 7.04. The first-order chi connectivity index (χ1) is 8.16. The van der Waals surface area contributed by atoms with Gasteiger partial charge in [-0.3, -0.25) is 0 Å². The first-order valence-electron chi connectivity index (χ1n) is 7.83. The molecular weight excluding hydrogens is 206 g/mol. The number of hydrogen-bond donors (Lipinski definition) is 1. The van der Waals surface area contributed by atoms with E-state index in [2.05, 4.69) is 26.2 Å². The number of nitrogens with one attached hydrogen (secondary N) is 1. The maximum atomic E-state index is 3.69. The molecule has 0 radical (unpaired) electrons. The lowest BCUT2D eigenvalue weighted by atomic mass is 9.68. The Labute approximate surface area is 108 Å². The van der Waals surface area contributed by atoms with Crippen LogP contribution in [0.5, 0.6) is 0 Å². The zero-order chi connectivity index (χ0) is 12.3. The highest BCUT2D eigenvalue weighted by Crippen LogP contribution is 2.48. The van der Waals surface area contributed by atoms with E-state index in [0.29, 0.717) is 5.41 Å². The maximum absolute atomic E-state index is 3.69. The van der Waals surface area contributed by atoms with Gasteiger partial charge in [0.1, 0.15) is 0 Å². The summed E-state index contributed by atoms with van der Waals surface area (Å²) in [5.74, 6) is 1.89. The Morgan fingerprint density at radius 3 is 2.18 bits per heavy atom. The highest BCUT2D eigenvalue weighted by atomic mass is 14.9. The lowest BCUT2D eigenvalue weighted by Crippen LogP contribution is -2.45. The van der Waals surface area contributed by atoms with Crippen molar-refractivity contribution in [2.45, 2.75) is 77.7 Å². The van der Waals surface area contributed by atoms with Gasteiger partial charge in [-0.25, -0.2) is 0 Å². The second kappa shape index (κ2) is 5.73. The molecule has 2 saturated carbocycles. The van der Waals surface area contributed by atoms with Crippen molar-refractivity contribution in [3.8, 4) is 0 Å². The normalized spacial score (nSPS) is 26.1. The lowest BCUT2D eigenvalue weighted by molar-refractivity contribution is 0.121. The van der Waals surface area contributed by atoms with E-state index in [-0.39, 0.29) is 0 Å². The van der Waals surface area contributed by atoms with E-state index in [1.807, 2.05) is 0 Å². The zero-order valence-corrected chi connectivity index (χ0v) is 12.1. The number of hydrogen-bond acceptors (Lipinski definition) is 1. The Hall–Kier alpha value is -0.0400. The van der Waals surface area contributed by atoms with Crippen molar-refractivity contribution in [3.05, 3.63) is 0 Å². The fraction of sp³-hybridized carbons (Fsp3) is 1.00. The van der Waals surface area contributed by atoms with E-state index < -0.39 is 0 Å². The van der Waals surface area contributed by atoms with Crippen LogP contribution in [0.25, 0.3) is 0 Å². The largest absolute Gasteiger partial charge is 0.316 e. The molecule has 1 unspecified atom stereocenters. The molecule has 2 rings (SSSR count). The highest BCUT2D eigenvalue weighted by molar-refractivity contribution is 4.96. The number of rotatable bonds is 6. The van der Waals surface area contributed by atoms with Crippen LogP contribution in [-0.2, 0) is 0 Å². The van der Waals surface area contributed by atoms with Gasteiger partial charge < -0.3 is 5.32 Å². The van der Waals surface area contributed by atoms with E-state index in [4.69, 9.17) is 0 Å². The van der Waals surface area contributed by atoms with E-state index in [1.165, 1.54) is 57.8 Å². The molecule has 2 fully saturated rings. The van der Waals surface area contributed by atoms with Gasteiger partial charge in [0.05, 0.1) is 0 Å². The standard InChI is InChI=1S/C16H31N/c1-13(2)12-16(9-4-5-10-16)15(17-3)11-14-7-6-8-14/h13-15,17H,4-12H2,1-3H3. The molecule has 1 heteroatoms. The van der Waals surface area contributed by atoms with Crippen LogP contribution in [0.2, 0.25) is 0 Å². The summed E-state index contributed by atoms with van der Waals surface area (Å²) in [6.45, 7) is 4.80. The van der Waals surface area contributed by atoms with Gasteiger partial charge in [0.25, 0.3) is 0 Å². The summed E-state index contributed by atoms with van der Waals surface area (Å²) in [6, 6.07) is 0.790. The fourth-order valence-corrected chi connectivity index (χ4v) is 4.32. The quantitative estimate of drug-likeness (QED) is 0.723. The van der Waals surface area contributed by atoms with Gasteiger partial charge in [-0.1, -0.05) is 46.0 Å². The predicted octanol–water partition coefficient (Wildman–Crippen LogP) is 4.37. The predicted molar refractivity (Wildman–Crippen MR) is 75.2 cm³/mol. The first kappa shape index (κ1) is 13.4. The van der Waals surface area contributed by atoms with Crippen LogP contribution in [0.3, 0.4) is 0 Å². The van der Waals surface area contributed by atoms with E-state index >= 15 is 0 Å². The Bertz CT molecular complexity index is 224. The second-order valence-corrected chi connectivity index (χ2v) is 7.04. The third-order valence-corrected chi connectivity index (χ3v) is 5.30. The van der Waals surface area contributed by atoms with Gasteiger partial charge in [-0.05, 0) is 50.0 Å². The van der Waals surface area contributed by atoms with E-state index in [9.17, 15) is 0 Å². The molecule has 0 spiro atoms. The van der Waals surface area contributed by atoms with Crippen molar-refractivity contribution < 1.29 is 0 Å². The van der Waals surface area contributed by atoms with Crippen molar-refractivity contribution in [1.82, 2.24) is 5.32 Å². The Morgan fingerprint density at radius 1 is 1.12 bits per heavy atom. The average Bonchev–Trinajstić information content (AvgIpc) is 2.64. The van der Waals surface area contributed by atoms with Crippen LogP contribution < -0.4 is 5.32 Å². The summed E-state index contributed by atoms with van der Waals surface area (Å²) >= 11 is 0. The topological polar surface area (TPSA) is 12.0 Å². The molecule has 0 bridgehead atoms. The lowest BCUT2D eigenvalue weighted by Gasteiger charge is -2.42. The summed E-state index contributed by atoms with van der Waals surface area (Å²) in [6.07, 6.45) is 13.2. The Kier molecular flexibility index (Phi) is 4.52. The zero-order valence-electron chi connectivity index (χ0n) is 12.1. The molecule has 1 nitrogen and oxygen atoms in total.